The highest BCUT2D eigenvalue weighted by Gasteiger charge is 2.12. The van der Waals surface area contributed by atoms with Gasteiger partial charge in [-0.1, -0.05) is 20.8 Å². The Morgan fingerprint density at radius 2 is 2.00 bits per heavy atom. The van der Waals surface area contributed by atoms with Crippen LogP contribution in [0.5, 0.6) is 0 Å². The number of imidazole rings is 1. The van der Waals surface area contributed by atoms with Crippen molar-refractivity contribution in [2.24, 2.45) is 0 Å². The molecule has 2 rings (SSSR count). The van der Waals surface area contributed by atoms with Gasteiger partial charge >= 0.3 is 0 Å². The Bertz CT molecular complexity index is 429. The molecule has 2 heterocycles. The van der Waals surface area contributed by atoms with E-state index in [2.05, 4.69) is 45.9 Å². The second kappa shape index (κ2) is 4.47. The van der Waals surface area contributed by atoms with Crippen molar-refractivity contribution in [2.75, 3.05) is 0 Å². The second-order valence-electron chi connectivity index (χ2n) is 4.42. The number of aromatic nitrogens is 5. The van der Waals surface area contributed by atoms with E-state index < -0.39 is 0 Å². The summed E-state index contributed by atoms with van der Waals surface area (Å²) in [5, 5.41) is 6.75. The van der Waals surface area contributed by atoms with E-state index in [4.69, 9.17) is 0 Å². The van der Waals surface area contributed by atoms with Gasteiger partial charge in [0, 0.05) is 23.7 Å². The summed E-state index contributed by atoms with van der Waals surface area (Å²) in [6.07, 6.45) is 4.34. The smallest absolute Gasteiger partial charge is 0.137 e. The van der Waals surface area contributed by atoms with Crippen LogP contribution in [-0.4, -0.2) is 25.1 Å². The molecule has 2 aromatic heterocycles. The number of hydrogen-bond acceptors (Lipinski definition) is 3. The Morgan fingerprint density at radius 1 is 1.19 bits per heavy atom. The fourth-order valence-corrected chi connectivity index (χ4v) is 1.65. The fourth-order valence-electron chi connectivity index (χ4n) is 1.65. The summed E-state index contributed by atoms with van der Waals surface area (Å²) >= 11 is 0. The lowest BCUT2D eigenvalue weighted by Crippen LogP contribution is -2.01. The third kappa shape index (κ3) is 2.29. The second-order valence-corrected chi connectivity index (χ2v) is 4.42. The first kappa shape index (κ1) is 10.9. The molecule has 16 heavy (non-hydrogen) atoms. The average Bonchev–Trinajstić information content (AvgIpc) is 2.87. The van der Waals surface area contributed by atoms with Crippen LogP contribution >= 0.6 is 0 Å². The number of aromatic amines is 2. The summed E-state index contributed by atoms with van der Waals surface area (Å²) in [5.41, 5.74) is 1.15. The lowest BCUT2D eigenvalue weighted by Gasteiger charge is -2.05. The van der Waals surface area contributed by atoms with Crippen LogP contribution in [0.15, 0.2) is 12.5 Å². The third-order valence-electron chi connectivity index (χ3n) is 2.62. The van der Waals surface area contributed by atoms with Crippen LogP contribution in [0.3, 0.4) is 0 Å². The molecule has 0 fully saturated rings. The molecular weight excluding hydrogens is 202 g/mol. The molecule has 5 nitrogen and oxygen atoms in total. The van der Waals surface area contributed by atoms with E-state index in [1.165, 1.54) is 0 Å². The number of rotatable bonds is 4. The number of hydrogen-bond donors (Lipinski definition) is 2. The number of nitrogens with one attached hydrogen (secondary N) is 2. The SMILES string of the molecule is CC(C)c1ncc(CC(C)c2ncn[nH]2)[nH]1. The van der Waals surface area contributed by atoms with Gasteiger partial charge < -0.3 is 4.98 Å². The van der Waals surface area contributed by atoms with Gasteiger partial charge in [0.15, 0.2) is 0 Å². The summed E-state index contributed by atoms with van der Waals surface area (Å²) in [4.78, 5) is 11.8. The molecule has 0 aliphatic heterocycles. The minimum absolute atomic E-state index is 0.322. The molecule has 1 unspecified atom stereocenters. The molecule has 86 valence electrons. The standard InChI is InChI=1S/C11H17N5/c1-7(2)10-12-5-9(15-10)4-8(3)11-13-6-14-16-11/h5-8H,4H2,1-3H3,(H,12,15)(H,13,14,16). The van der Waals surface area contributed by atoms with E-state index in [1.807, 2.05) is 6.20 Å². The molecule has 0 saturated carbocycles. The predicted octanol–water partition coefficient (Wildman–Crippen LogP) is 2.00. The Balaban J connectivity index is 2.03. The highest BCUT2D eigenvalue weighted by atomic mass is 15.2. The van der Waals surface area contributed by atoms with E-state index in [0.717, 1.165) is 23.8 Å². The fraction of sp³-hybridized carbons (Fsp3) is 0.545. The molecule has 0 radical (unpaired) electrons. The van der Waals surface area contributed by atoms with Crippen molar-refractivity contribution >= 4 is 0 Å². The van der Waals surface area contributed by atoms with E-state index in [0.29, 0.717) is 11.8 Å². The van der Waals surface area contributed by atoms with Gasteiger partial charge in [-0.05, 0) is 6.42 Å². The molecule has 5 heteroatoms. The van der Waals surface area contributed by atoms with Crippen LogP contribution in [0.1, 0.15) is 49.9 Å². The van der Waals surface area contributed by atoms with Crippen LogP contribution in [0.2, 0.25) is 0 Å². The number of nitrogens with zero attached hydrogens (tertiary/aromatic N) is 3. The van der Waals surface area contributed by atoms with E-state index in [1.54, 1.807) is 6.33 Å². The summed E-state index contributed by atoms with van der Waals surface area (Å²) in [6, 6.07) is 0. The first-order chi connectivity index (χ1) is 7.66. The van der Waals surface area contributed by atoms with Gasteiger partial charge in [-0.25, -0.2) is 9.97 Å². The predicted molar refractivity (Wildman–Crippen MR) is 61.2 cm³/mol. The maximum Gasteiger partial charge on any atom is 0.137 e. The van der Waals surface area contributed by atoms with Crippen LogP contribution in [0.4, 0.5) is 0 Å². The highest BCUT2D eigenvalue weighted by molar-refractivity contribution is 5.08. The maximum absolute atomic E-state index is 4.35. The zero-order valence-electron chi connectivity index (χ0n) is 9.86. The highest BCUT2D eigenvalue weighted by Crippen LogP contribution is 2.17. The Morgan fingerprint density at radius 3 is 2.56 bits per heavy atom. The summed E-state index contributed by atoms with van der Waals surface area (Å²) < 4.78 is 0. The largest absolute Gasteiger partial charge is 0.346 e. The Hall–Kier alpha value is -1.65. The van der Waals surface area contributed by atoms with Crippen LogP contribution in [0.25, 0.3) is 0 Å². The Labute approximate surface area is 94.7 Å². The van der Waals surface area contributed by atoms with E-state index in [9.17, 15) is 0 Å². The van der Waals surface area contributed by atoms with E-state index in [-0.39, 0.29) is 0 Å². The molecule has 1 atom stereocenters. The van der Waals surface area contributed by atoms with Crippen molar-refractivity contribution < 1.29 is 0 Å². The zero-order chi connectivity index (χ0) is 11.5. The quantitative estimate of drug-likeness (QED) is 0.826. The molecule has 0 aliphatic rings. The summed E-state index contributed by atoms with van der Waals surface area (Å²) in [7, 11) is 0. The summed E-state index contributed by atoms with van der Waals surface area (Å²) in [6.45, 7) is 6.38. The van der Waals surface area contributed by atoms with Crippen LogP contribution in [0, 0.1) is 0 Å². The molecule has 0 amide bonds. The van der Waals surface area contributed by atoms with Crippen molar-refractivity contribution in [3.05, 3.63) is 29.9 Å². The van der Waals surface area contributed by atoms with E-state index >= 15 is 0 Å². The van der Waals surface area contributed by atoms with Crippen molar-refractivity contribution in [1.29, 1.82) is 0 Å². The zero-order valence-corrected chi connectivity index (χ0v) is 9.86. The average molecular weight is 219 g/mol. The topological polar surface area (TPSA) is 70.2 Å². The van der Waals surface area contributed by atoms with Crippen molar-refractivity contribution in [3.63, 3.8) is 0 Å². The molecule has 0 aromatic carbocycles. The minimum atomic E-state index is 0.322. The molecule has 0 spiro atoms. The van der Waals surface area contributed by atoms with Gasteiger partial charge in [-0.3, -0.25) is 5.10 Å². The maximum atomic E-state index is 4.35. The molecule has 0 aliphatic carbocycles. The van der Waals surface area contributed by atoms with Gasteiger partial charge in [-0.2, -0.15) is 5.10 Å². The van der Waals surface area contributed by atoms with Gasteiger partial charge in [0.05, 0.1) is 0 Å². The molecule has 2 aromatic rings. The van der Waals surface area contributed by atoms with Crippen LogP contribution < -0.4 is 0 Å². The van der Waals surface area contributed by atoms with Gasteiger partial charge in [0.25, 0.3) is 0 Å². The first-order valence-electron chi connectivity index (χ1n) is 5.56. The summed E-state index contributed by atoms with van der Waals surface area (Å²) in [5.74, 6) is 2.72. The molecule has 2 N–H and O–H groups in total. The normalized spacial score (nSPS) is 13.2. The molecular formula is C11H17N5. The minimum Gasteiger partial charge on any atom is -0.346 e. The monoisotopic (exact) mass is 219 g/mol. The van der Waals surface area contributed by atoms with Gasteiger partial charge in [0.1, 0.15) is 18.0 Å². The third-order valence-corrected chi connectivity index (χ3v) is 2.62. The van der Waals surface area contributed by atoms with Gasteiger partial charge in [0.2, 0.25) is 0 Å². The van der Waals surface area contributed by atoms with Crippen molar-refractivity contribution in [3.8, 4) is 0 Å². The van der Waals surface area contributed by atoms with Gasteiger partial charge in [-0.15, -0.1) is 0 Å². The Kier molecular flexibility index (Phi) is 3.03. The lowest BCUT2D eigenvalue weighted by molar-refractivity contribution is 0.688. The number of H-pyrrole nitrogens is 2. The molecule has 0 bridgehead atoms. The lowest BCUT2D eigenvalue weighted by atomic mass is 10.1. The van der Waals surface area contributed by atoms with Crippen molar-refractivity contribution in [2.45, 2.75) is 39.0 Å². The van der Waals surface area contributed by atoms with Crippen molar-refractivity contribution in [1.82, 2.24) is 25.1 Å². The molecule has 0 saturated heterocycles. The first-order valence-corrected chi connectivity index (χ1v) is 5.56. The van der Waals surface area contributed by atoms with Crippen LogP contribution in [-0.2, 0) is 6.42 Å².